The summed E-state index contributed by atoms with van der Waals surface area (Å²) >= 11 is 0. The zero-order valence-corrected chi connectivity index (χ0v) is 11.8. The Labute approximate surface area is 133 Å². The molecule has 0 aliphatic rings. The fourth-order valence-corrected chi connectivity index (χ4v) is 0.272. The number of carbonyl (C=O) groups excluding carboxylic acids is 4. The Morgan fingerprint density at radius 3 is 0.667 bits per heavy atom. The zero-order valence-electron chi connectivity index (χ0n) is 8.99. The summed E-state index contributed by atoms with van der Waals surface area (Å²) in [7, 11) is 0. The van der Waals surface area contributed by atoms with Crippen molar-refractivity contribution in [3.8, 4) is 0 Å². The average molecular weight is 277 g/mol. The van der Waals surface area contributed by atoms with Gasteiger partial charge >= 0.3 is 46.1 Å². The molecule has 0 N–H and O–H groups in total. The Kier molecular flexibility index (Phi) is 22.7. The van der Waals surface area contributed by atoms with E-state index in [9.17, 15) is 39.6 Å². The van der Waals surface area contributed by atoms with Crippen molar-refractivity contribution in [1.29, 1.82) is 0 Å². The summed E-state index contributed by atoms with van der Waals surface area (Å²) in [6.07, 6.45) is 1.54. The molecule has 0 aromatic rings. The standard InChI is InChI=1S/2C4H4O4.2Mg/c2*5-3(6)1-2-4(7)8;;/h2*1-2H,(H,5,6)(H,7,8);;/q;;2*+2/p-4/b2*2-1+;;. The molecule has 0 unspecified atom stereocenters. The van der Waals surface area contributed by atoms with Crippen LogP contribution in [0.5, 0.6) is 0 Å². The van der Waals surface area contributed by atoms with E-state index in [1.165, 1.54) is 0 Å². The van der Waals surface area contributed by atoms with Crippen LogP contribution in [0.15, 0.2) is 24.3 Å². The van der Waals surface area contributed by atoms with Crippen LogP contribution < -0.4 is 20.4 Å². The van der Waals surface area contributed by atoms with E-state index in [0.717, 1.165) is 0 Å². The fraction of sp³-hybridized carbons (Fsp3) is 0. The van der Waals surface area contributed by atoms with Crippen molar-refractivity contribution >= 4 is 70.0 Å². The molecule has 0 saturated heterocycles. The van der Waals surface area contributed by atoms with Crippen LogP contribution in [0, 0.1) is 0 Å². The molecule has 0 aliphatic heterocycles. The van der Waals surface area contributed by atoms with E-state index in [4.69, 9.17) is 0 Å². The molecule has 0 rings (SSSR count). The second-order valence-electron chi connectivity index (χ2n) is 1.94. The van der Waals surface area contributed by atoms with E-state index in [-0.39, 0.29) is 46.1 Å². The molecule has 0 aromatic carbocycles. The Bertz CT molecular complexity index is 281. The molecule has 10 heteroatoms. The molecule has 0 amide bonds. The van der Waals surface area contributed by atoms with Crippen LogP contribution in [0.2, 0.25) is 0 Å². The smallest absolute Gasteiger partial charge is 0.545 e. The van der Waals surface area contributed by atoms with Crippen LogP contribution in [0.3, 0.4) is 0 Å². The zero-order chi connectivity index (χ0) is 13.1. The molecule has 18 heavy (non-hydrogen) atoms. The van der Waals surface area contributed by atoms with Gasteiger partial charge in [0.25, 0.3) is 0 Å². The summed E-state index contributed by atoms with van der Waals surface area (Å²) < 4.78 is 0. The molecule has 0 heterocycles. The number of carboxylic acids is 4. The van der Waals surface area contributed by atoms with E-state index in [2.05, 4.69) is 0 Å². The molecule has 88 valence electrons. The van der Waals surface area contributed by atoms with Gasteiger partial charge in [0, 0.05) is 0 Å². The van der Waals surface area contributed by atoms with Gasteiger partial charge in [-0.15, -0.1) is 0 Å². The molecule has 0 spiro atoms. The van der Waals surface area contributed by atoms with Crippen molar-refractivity contribution < 1.29 is 39.6 Å². The number of carbonyl (C=O) groups is 4. The van der Waals surface area contributed by atoms with Gasteiger partial charge in [0.15, 0.2) is 0 Å². The van der Waals surface area contributed by atoms with Gasteiger partial charge in [-0.05, 0) is 24.3 Å². The Hall–Kier alpha value is -1.11. The largest absolute Gasteiger partial charge is 2.00 e. The van der Waals surface area contributed by atoms with Gasteiger partial charge in [0.1, 0.15) is 0 Å². The Morgan fingerprint density at radius 2 is 0.611 bits per heavy atom. The molecule has 0 atom stereocenters. The second-order valence-corrected chi connectivity index (χ2v) is 1.94. The molecular formula is C8H4Mg2O8. The van der Waals surface area contributed by atoms with Crippen molar-refractivity contribution in [3.05, 3.63) is 24.3 Å². The minimum Gasteiger partial charge on any atom is -0.545 e. The third kappa shape index (κ3) is 36.3. The van der Waals surface area contributed by atoms with Gasteiger partial charge in [0.05, 0.1) is 23.9 Å². The quantitative estimate of drug-likeness (QED) is 0.361. The number of carboxylic acid groups (broad SMARTS) is 4. The molecule has 8 nitrogen and oxygen atoms in total. The number of hydrogen-bond donors (Lipinski definition) is 0. The molecule has 0 bridgehead atoms. The van der Waals surface area contributed by atoms with E-state index >= 15 is 0 Å². The number of rotatable bonds is 4. The first-order chi connectivity index (χ1) is 7.25. The second kappa shape index (κ2) is 15.9. The van der Waals surface area contributed by atoms with Gasteiger partial charge < -0.3 is 39.6 Å². The van der Waals surface area contributed by atoms with Gasteiger partial charge in [-0.3, -0.25) is 0 Å². The molecule has 0 fully saturated rings. The van der Waals surface area contributed by atoms with E-state index < -0.39 is 23.9 Å². The van der Waals surface area contributed by atoms with Crippen molar-refractivity contribution in [1.82, 2.24) is 0 Å². The number of hydrogen-bond acceptors (Lipinski definition) is 8. The van der Waals surface area contributed by atoms with Crippen molar-refractivity contribution in [2.45, 2.75) is 0 Å². The minimum atomic E-state index is -1.55. The Balaban J connectivity index is -0.0000000980. The van der Waals surface area contributed by atoms with Crippen molar-refractivity contribution in [2.75, 3.05) is 0 Å². The maximum Gasteiger partial charge on any atom is 2.00 e. The first-order valence-electron chi connectivity index (χ1n) is 3.45. The maximum atomic E-state index is 9.41. The van der Waals surface area contributed by atoms with Crippen molar-refractivity contribution in [2.24, 2.45) is 0 Å². The van der Waals surface area contributed by atoms with Crippen LogP contribution in [0.1, 0.15) is 0 Å². The Morgan fingerprint density at radius 1 is 0.500 bits per heavy atom. The van der Waals surface area contributed by atoms with Gasteiger partial charge in [0.2, 0.25) is 0 Å². The van der Waals surface area contributed by atoms with Crippen LogP contribution in [-0.2, 0) is 19.2 Å². The van der Waals surface area contributed by atoms with Gasteiger partial charge in [-0.1, -0.05) is 0 Å². The number of aliphatic carboxylic acids is 4. The predicted molar refractivity (Wildman–Crippen MR) is 49.8 cm³/mol. The SMILES string of the molecule is O=C([O-])/C=C/C(=O)[O-].O=C([O-])/C=C/C(=O)[O-].[Mg+2].[Mg+2]. The monoisotopic (exact) mass is 276 g/mol. The van der Waals surface area contributed by atoms with Crippen LogP contribution in [0.25, 0.3) is 0 Å². The summed E-state index contributed by atoms with van der Waals surface area (Å²) in [6, 6.07) is 0. The molecule has 0 radical (unpaired) electrons. The first kappa shape index (κ1) is 25.7. The maximum absolute atomic E-state index is 9.41. The summed E-state index contributed by atoms with van der Waals surface area (Å²) in [4.78, 5) is 37.7. The summed E-state index contributed by atoms with van der Waals surface area (Å²) in [6.45, 7) is 0. The third-order valence-electron chi connectivity index (χ3n) is 0.711. The summed E-state index contributed by atoms with van der Waals surface area (Å²) in [5, 5.41) is 37.7. The molecule has 0 aromatic heterocycles. The summed E-state index contributed by atoms with van der Waals surface area (Å²) in [5.41, 5.74) is 0. The van der Waals surface area contributed by atoms with Crippen LogP contribution in [0.4, 0.5) is 0 Å². The van der Waals surface area contributed by atoms with Gasteiger partial charge in [-0.2, -0.15) is 0 Å². The predicted octanol–water partition coefficient (Wildman–Crippen LogP) is -6.68. The van der Waals surface area contributed by atoms with Crippen LogP contribution in [-0.4, -0.2) is 70.0 Å². The van der Waals surface area contributed by atoms with E-state index in [0.29, 0.717) is 24.3 Å². The van der Waals surface area contributed by atoms with Crippen molar-refractivity contribution in [3.63, 3.8) is 0 Å². The fourth-order valence-electron chi connectivity index (χ4n) is 0.272. The first-order valence-corrected chi connectivity index (χ1v) is 3.45. The van der Waals surface area contributed by atoms with E-state index in [1.54, 1.807) is 0 Å². The molecular weight excluding hydrogens is 273 g/mol. The molecule has 0 saturated carbocycles. The third-order valence-corrected chi connectivity index (χ3v) is 0.711. The van der Waals surface area contributed by atoms with Crippen LogP contribution >= 0.6 is 0 Å². The minimum absolute atomic E-state index is 0. The van der Waals surface area contributed by atoms with E-state index in [1.807, 2.05) is 0 Å². The summed E-state index contributed by atoms with van der Waals surface area (Å²) in [5.74, 6) is -6.19. The van der Waals surface area contributed by atoms with Gasteiger partial charge in [-0.25, -0.2) is 0 Å². The topological polar surface area (TPSA) is 161 Å². The normalized spacial score (nSPS) is 8.44. The average Bonchev–Trinajstić information content (AvgIpc) is 2.12. The molecule has 0 aliphatic carbocycles.